The fourth-order valence-electron chi connectivity index (χ4n) is 2.33. The lowest BCUT2D eigenvalue weighted by Crippen LogP contribution is -2.63. The molecule has 3 atom stereocenters. The van der Waals surface area contributed by atoms with E-state index in [2.05, 4.69) is 23.9 Å². The van der Waals surface area contributed by atoms with E-state index in [0.29, 0.717) is 6.61 Å². The van der Waals surface area contributed by atoms with E-state index in [-0.39, 0.29) is 24.1 Å². The van der Waals surface area contributed by atoms with E-state index < -0.39 is 11.6 Å². The molecule has 1 aliphatic carbocycles. The van der Waals surface area contributed by atoms with Crippen molar-refractivity contribution in [3.63, 3.8) is 0 Å². The Bertz CT molecular complexity index is 301. The summed E-state index contributed by atoms with van der Waals surface area (Å²) in [6.45, 7) is 8.59. The minimum absolute atomic E-state index is 0.0161. The summed E-state index contributed by atoms with van der Waals surface area (Å²) in [5.74, 6) is -0.617. The van der Waals surface area contributed by atoms with Gasteiger partial charge in [-0.3, -0.25) is 0 Å². The first kappa shape index (κ1) is 15.4. The van der Waals surface area contributed by atoms with E-state index in [4.69, 9.17) is 4.74 Å². The summed E-state index contributed by atoms with van der Waals surface area (Å²) >= 11 is 0. The van der Waals surface area contributed by atoms with E-state index in [9.17, 15) is 9.90 Å². The Labute approximate surface area is 109 Å². The third-order valence-corrected chi connectivity index (χ3v) is 3.86. The Kier molecular flexibility index (Phi) is 4.75. The second kappa shape index (κ2) is 5.55. The zero-order valence-electron chi connectivity index (χ0n) is 11.9. The number of esters is 1. The molecule has 0 heterocycles. The van der Waals surface area contributed by atoms with Gasteiger partial charge in [-0.15, -0.1) is 0 Å². The molecule has 1 fully saturated rings. The van der Waals surface area contributed by atoms with Gasteiger partial charge in [0.2, 0.25) is 0 Å². The highest BCUT2D eigenvalue weighted by atomic mass is 16.5. The molecule has 3 unspecified atom stereocenters. The zero-order valence-corrected chi connectivity index (χ0v) is 11.9. The summed E-state index contributed by atoms with van der Waals surface area (Å²) in [4.78, 5) is 11.3. The molecule has 0 aromatic rings. The molecule has 5 heteroatoms. The van der Waals surface area contributed by atoms with Crippen molar-refractivity contribution in [3.05, 3.63) is 0 Å². The van der Waals surface area contributed by atoms with Gasteiger partial charge in [0.25, 0.3) is 0 Å². The average Bonchev–Trinajstić information content (AvgIpc) is 2.31. The number of methoxy groups -OCH3 is 1. The fraction of sp³-hybridized carbons (Fsp3) is 0.923. The van der Waals surface area contributed by atoms with Crippen molar-refractivity contribution < 1.29 is 19.4 Å². The number of carbonyl (C=O) groups excluding carboxylic acids is 1. The minimum atomic E-state index is -1.48. The Morgan fingerprint density at radius 3 is 2.61 bits per heavy atom. The molecule has 18 heavy (non-hydrogen) atoms. The largest absolute Gasteiger partial charge is 0.467 e. The highest BCUT2D eigenvalue weighted by molar-refractivity contribution is 5.78. The second-order valence-corrected chi connectivity index (χ2v) is 5.70. The number of hydrogen-bond donors (Lipinski definition) is 2. The lowest BCUT2D eigenvalue weighted by Gasteiger charge is -2.52. The first-order chi connectivity index (χ1) is 8.25. The van der Waals surface area contributed by atoms with Crippen molar-refractivity contribution in [1.82, 2.24) is 5.32 Å². The summed E-state index contributed by atoms with van der Waals surface area (Å²) in [6.07, 6.45) is 1.14. The Hall–Kier alpha value is -0.650. The van der Waals surface area contributed by atoms with Crippen LogP contribution in [0.25, 0.3) is 0 Å². The van der Waals surface area contributed by atoms with Gasteiger partial charge in [0, 0.05) is 24.6 Å². The van der Waals surface area contributed by atoms with Gasteiger partial charge in [0.15, 0.2) is 5.60 Å². The van der Waals surface area contributed by atoms with Crippen LogP contribution >= 0.6 is 0 Å². The maximum absolute atomic E-state index is 11.3. The van der Waals surface area contributed by atoms with Crippen molar-refractivity contribution in [2.75, 3.05) is 20.3 Å². The minimum Gasteiger partial charge on any atom is -0.467 e. The topological polar surface area (TPSA) is 67.8 Å². The standard InChI is InChI=1S/C13H25NO4/c1-6-18-10-7-9(12(10,2)3)14-8-13(4,16)11(15)17-5/h9-10,14,16H,6-8H2,1-5H3. The molecule has 1 saturated carbocycles. The smallest absolute Gasteiger partial charge is 0.338 e. The molecule has 1 aliphatic rings. The van der Waals surface area contributed by atoms with Gasteiger partial charge >= 0.3 is 5.97 Å². The zero-order chi connectivity index (χ0) is 14.0. The average molecular weight is 259 g/mol. The number of aliphatic hydroxyl groups is 1. The third-order valence-electron chi connectivity index (χ3n) is 3.86. The van der Waals surface area contributed by atoms with E-state index in [1.165, 1.54) is 14.0 Å². The summed E-state index contributed by atoms with van der Waals surface area (Å²) in [7, 11) is 1.27. The molecule has 0 radical (unpaired) electrons. The molecule has 1 rings (SSSR count). The maximum atomic E-state index is 11.3. The van der Waals surface area contributed by atoms with Gasteiger partial charge in [-0.25, -0.2) is 4.79 Å². The number of nitrogens with one attached hydrogen (secondary N) is 1. The highest BCUT2D eigenvalue weighted by Crippen LogP contribution is 2.42. The third kappa shape index (κ3) is 3.02. The number of ether oxygens (including phenoxy) is 2. The molecular weight excluding hydrogens is 234 g/mol. The summed E-state index contributed by atoms with van der Waals surface area (Å²) in [5, 5.41) is 13.1. The maximum Gasteiger partial charge on any atom is 0.338 e. The van der Waals surface area contributed by atoms with Crippen molar-refractivity contribution >= 4 is 5.97 Å². The van der Waals surface area contributed by atoms with Crippen molar-refractivity contribution in [2.24, 2.45) is 5.41 Å². The molecule has 0 aromatic carbocycles. The predicted molar refractivity (Wildman–Crippen MR) is 68.2 cm³/mol. The number of carbonyl (C=O) groups is 1. The van der Waals surface area contributed by atoms with Gasteiger partial charge in [-0.05, 0) is 20.3 Å². The van der Waals surface area contributed by atoms with Gasteiger partial charge in [-0.1, -0.05) is 13.8 Å². The van der Waals surface area contributed by atoms with Crippen LogP contribution in [0.2, 0.25) is 0 Å². The van der Waals surface area contributed by atoms with Crippen LogP contribution in [0, 0.1) is 5.41 Å². The van der Waals surface area contributed by atoms with E-state index >= 15 is 0 Å². The number of rotatable bonds is 6. The molecule has 0 amide bonds. The fourth-order valence-corrected chi connectivity index (χ4v) is 2.33. The van der Waals surface area contributed by atoms with Crippen LogP contribution in [0.5, 0.6) is 0 Å². The Morgan fingerprint density at radius 1 is 1.56 bits per heavy atom. The Morgan fingerprint density at radius 2 is 2.17 bits per heavy atom. The normalized spacial score (nSPS) is 29.2. The highest BCUT2D eigenvalue weighted by Gasteiger charge is 2.49. The Balaban J connectivity index is 2.45. The predicted octanol–water partition coefficient (Wildman–Crippen LogP) is 0.704. The molecule has 0 aromatic heterocycles. The summed E-state index contributed by atoms with van der Waals surface area (Å²) in [5.41, 5.74) is -1.47. The first-order valence-electron chi connectivity index (χ1n) is 6.41. The molecule has 0 aliphatic heterocycles. The van der Waals surface area contributed by atoms with Crippen LogP contribution in [-0.4, -0.2) is 49.1 Å². The first-order valence-corrected chi connectivity index (χ1v) is 6.41. The van der Waals surface area contributed by atoms with Crippen LogP contribution in [0.4, 0.5) is 0 Å². The second-order valence-electron chi connectivity index (χ2n) is 5.70. The summed E-state index contributed by atoms with van der Waals surface area (Å²) in [6, 6.07) is 0.241. The van der Waals surface area contributed by atoms with Crippen LogP contribution in [0.15, 0.2) is 0 Å². The van der Waals surface area contributed by atoms with Crippen molar-refractivity contribution in [3.8, 4) is 0 Å². The van der Waals surface area contributed by atoms with Crippen molar-refractivity contribution in [1.29, 1.82) is 0 Å². The van der Waals surface area contributed by atoms with Gasteiger partial charge in [0.1, 0.15) is 0 Å². The van der Waals surface area contributed by atoms with Crippen LogP contribution in [0.1, 0.15) is 34.1 Å². The lowest BCUT2D eigenvalue weighted by atomic mass is 9.64. The molecular formula is C13H25NO4. The van der Waals surface area contributed by atoms with Gasteiger partial charge < -0.3 is 19.9 Å². The van der Waals surface area contributed by atoms with E-state index in [0.717, 1.165) is 6.42 Å². The monoisotopic (exact) mass is 259 g/mol. The van der Waals surface area contributed by atoms with Crippen LogP contribution < -0.4 is 5.32 Å². The van der Waals surface area contributed by atoms with Crippen LogP contribution in [0.3, 0.4) is 0 Å². The lowest BCUT2D eigenvalue weighted by molar-refractivity contribution is -0.161. The molecule has 5 nitrogen and oxygen atoms in total. The summed E-state index contributed by atoms with van der Waals surface area (Å²) < 4.78 is 10.2. The van der Waals surface area contributed by atoms with E-state index in [1.54, 1.807) is 0 Å². The number of hydrogen-bond acceptors (Lipinski definition) is 5. The molecule has 0 spiro atoms. The van der Waals surface area contributed by atoms with Gasteiger partial charge in [-0.2, -0.15) is 0 Å². The molecule has 2 N–H and O–H groups in total. The van der Waals surface area contributed by atoms with Crippen molar-refractivity contribution in [2.45, 2.75) is 51.9 Å². The van der Waals surface area contributed by atoms with Crippen LogP contribution in [-0.2, 0) is 14.3 Å². The molecule has 0 saturated heterocycles. The SMILES string of the molecule is CCOC1CC(NCC(C)(O)C(=O)OC)C1(C)C. The van der Waals surface area contributed by atoms with E-state index in [1.807, 2.05) is 6.92 Å². The van der Waals surface area contributed by atoms with Gasteiger partial charge in [0.05, 0.1) is 13.2 Å². The quantitative estimate of drug-likeness (QED) is 0.687. The molecule has 106 valence electrons. The molecule has 0 bridgehead atoms.